The highest BCUT2D eigenvalue weighted by molar-refractivity contribution is 9.10. The maximum atomic E-state index is 13.2. The lowest BCUT2D eigenvalue weighted by atomic mass is 10.3. The number of fused-ring (bicyclic) bond motifs is 1. The highest BCUT2D eigenvalue weighted by atomic mass is 79.9. The molecule has 0 N–H and O–H groups in total. The van der Waals surface area contributed by atoms with Crippen LogP contribution in [0.4, 0.5) is 4.39 Å². The predicted octanol–water partition coefficient (Wildman–Crippen LogP) is 4.83. The Bertz CT molecular complexity index is 742. The van der Waals surface area contributed by atoms with E-state index in [-0.39, 0.29) is 11.7 Å². The molecule has 0 fully saturated rings. The molecule has 2 aromatic heterocycles. The number of thiazole rings is 1. The Morgan fingerprint density at radius 3 is 3.05 bits per heavy atom. The van der Waals surface area contributed by atoms with E-state index in [2.05, 4.69) is 20.9 Å². The molecule has 98 valence electrons. The molecular formula is C12H7BrClFN2OS. The molecule has 2 heterocycles. The van der Waals surface area contributed by atoms with Gasteiger partial charge >= 0.3 is 0 Å². The number of hydrogen-bond acceptors (Lipinski definition) is 3. The zero-order valence-corrected chi connectivity index (χ0v) is 12.6. The van der Waals surface area contributed by atoms with Crippen molar-refractivity contribution < 1.29 is 9.13 Å². The van der Waals surface area contributed by atoms with Crippen LogP contribution in [0.2, 0.25) is 0 Å². The summed E-state index contributed by atoms with van der Waals surface area (Å²) in [7, 11) is 0. The zero-order chi connectivity index (χ0) is 13.4. The van der Waals surface area contributed by atoms with Crippen molar-refractivity contribution in [3.8, 4) is 11.6 Å². The number of aromatic nitrogens is 2. The van der Waals surface area contributed by atoms with Crippen molar-refractivity contribution in [2.75, 3.05) is 0 Å². The van der Waals surface area contributed by atoms with Crippen LogP contribution in [0.5, 0.6) is 11.6 Å². The van der Waals surface area contributed by atoms with Crippen molar-refractivity contribution in [1.82, 2.24) is 9.38 Å². The van der Waals surface area contributed by atoms with E-state index in [9.17, 15) is 4.39 Å². The number of halogens is 3. The van der Waals surface area contributed by atoms with Gasteiger partial charge in [-0.2, -0.15) is 4.98 Å². The Morgan fingerprint density at radius 1 is 1.47 bits per heavy atom. The molecule has 0 aliphatic heterocycles. The second-order valence-electron chi connectivity index (χ2n) is 3.73. The van der Waals surface area contributed by atoms with E-state index in [1.54, 1.807) is 12.1 Å². The van der Waals surface area contributed by atoms with Gasteiger partial charge in [-0.25, -0.2) is 4.39 Å². The maximum absolute atomic E-state index is 13.2. The Kier molecular flexibility index (Phi) is 3.47. The van der Waals surface area contributed by atoms with Crippen LogP contribution in [0.25, 0.3) is 4.96 Å². The van der Waals surface area contributed by atoms with Gasteiger partial charge in [0, 0.05) is 11.6 Å². The SMILES string of the molecule is Fc1ccc(Oc2nc3sccn3c2CCl)cc1Br. The Hall–Kier alpha value is -1.11. The van der Waals surface area contributed by atoms with Gasteiger partial charge in [0.25, 0.3) is 0 Å². The minimum absolute atomic E-state index is 0.287. The molecule has 0 amide bonds. The molecule has 0 radical (unpaired) electrons. The molecule has 1 aromatic carbocycles. The van der Waals surface area contributed by atoms with Crippen LogP contribution in [-0.4, -0.2) is 9.38 Å². The molecule has 3 nitrogen and oxygen atoms in total. The van der Waals surface area contributed by atoms with Crippen molar-refractivity contribution in [2.24, 2.45) is 0 Å². The van der Waals surface area contributed by atoms with Crippen molar-refractivity contribution in [1.29, 1.82) is 0 Å². The molecule has 0 aliphatic rings. The average Bonchev–Trinajstić information content (AvgIpc) is 2.94. The number of imidazole rings is 1. The molecule has 7 heteroatoms. The van der Waals surface area contributed by atoms with Crippen molar-refractivity contribution in [3.63, 3.8) is 0 Å². The van der Waals surface area contributed by atoms with Gasteiger partial charge in [0.05, 0.1) is 10.4 Å². The third kappa shape index (κ3) is 2.35. The third-order valence-electron chi connectivity index (χ3n) is 2.56. The summed E-state index contributed by atoms with van der Waals surface area (Å²) in [4.78, 5) is 5.17. The van der Waals surface area contributed by atoms with Crippen LogP contribution in [0, 0.1) is 5.82 Å². The lowest BCUT2D eigenvalue weighted by molar-refractivity contribution is 0.459. The van der Waals surface area contributed by atoms with Crippen molar-refractivity contribution in [2.45, 2.75) is 5.88 Å². The average molecular weight is 362 g/mol. The van der Waals surface area contributed by atoms with Gasteiger partial charge in [0.1, 0.15) is 17.3 Å². The fourth-order valence-electron chi connectivity index (χ4n) is 1.67. The van der Waals surface area contributed by atoms with Gasteiger partial charge in [-0.1, -0.05) is 0 Å². The van der Waals surface area contributed by atoms with Gasteiger partial charge in [-0.15, -0.1) is 22.9 Å². The number of benzene rings is 1. The fraction of sp³-hybridized carbons (Fsp3) is 0.0833. The first-order valence-corrected chi connectivity index (χ1v) is 7.53. The van der Waals surface area contributed by atoms with Gasteiger partial charge in [-0.05, 0) is 34.1 Å². The summed E-state index contributed by atoms with van der Waals surface area (Å²) in [5.74, 6) is 0.900. The second-order valence-corrected chi connectivity index (χ2v) is 5.73. The third-order valence-corrected chi connectivity index (χ3v) is 4.17. The molecule has 0 saturated carbocycles. The van der Waals surface area contributed by atoms with E-state index < -0.39 is 0 Å². The second kappa shape index (κ2) is 5.11. The summed E-state index contributed by atoms with van der Waals surface area (Å²) < 4.78 is 21.1. The number of ether oxygens (including phenoxy) is 1. The Morgan fingerprint density at radius 2 is 2.32 bits per heavy atom. The van der Waals surface area contributed by atoms with Crippen molar-refractivity contribution in [3.05, 3.63) is 45.8 Å². The van der Waals surface area contributed by atoms with Crippen LogP contribution >= 0.6 is 38.9 Å². The molecule has 0 aliphatic carbocycles. The molecule has 0 atom stereocenters. The molecule has 19 heavy (non-hydrogen) atoms. The topological polar surface area (TPSA) is 26.5 Å². The minimum atomic E-state index is -0.337. The van der Waals surface area contributed by atoms with E-state index in [1.807, 2.05) is 16.0 Å². The quantitative estimate of drug-likeness (QED) is 0.625. The van der Waals surface area contributed by atoms with E-state index in [0.717, 1.165) is 10.7 Å². The zero-order valence-electron chi connectivity index (χ0n) is 9.44. The molecule has 0 unspecified atom stereocenters. The lowest BCUT2D eigenvalue weighted by Gasteiger charge is -2.05. The van der Waals surface area contributed by atoms with E-state index in [1.165, 1.54) is 17.4 Å². The lowest BCUT2D eigenvalue weighted by Crippen LogP contribution is -1.91. The Balaban J connectivity index is 2.00. The maximum Gasteiger partial charge on any atom is 0.243 e. The van der Waals surface area contributed by atoms with Crippen LogP contribution in [0.1, 0.15) is 5.69 Å². The monoisotopic (exact) mass is 360 g/mol. The van der Waals surface area contributed by atoms with Crippen molar-refractivity contribution >= 4 is 43.8 Å². The first-order valence-electron chi connectivity index (χ1n) is 5.32. The number of hydrogen-bond donors (Lipinski definition) is 0. The number of alkyl halides is 1. The molecule has 0 spiro atoms. The smallest absolute Gasteiger partial charge is 0.243 e. The molecular weight excluding hydrogens is 355 g/mol. The highest BCUT2D eigenvalue weighted by Gasteiger charge is 2.14. The number of nitrogens with zero attached hydrogens (tertiary/aromatic N) is 2. The van der Waals surface area contributed by atoms with E-state index in [0.29, 0.717) is 16.1 Å². The van der Waals surface area contributed by atoms with E-state index in [4.69, 9.17) is 16.3 Å². The van der Waals surface area contributed by atoms with Crippen LogP contribution in [-0.2, 0) is 5.88 Å². The predicted molar refractivity (Wildman–Crippen MR) is 76.8 cm³/mol. The molecule has 3 aromatic rings. The summed E-state index contributed by atoms with van der Waals surface area (Å²) in [6.07, 6.45) is 1.89. The summed E-state index contributed by atoms with van der Waals surface area (Å²) in [5, 5.41) is 1.93. The van der Waals surface area contributed by atoms with Crippen LogP contribution < -0.4 is 4.74 Å². The van der Waals surface area contributed by atoms with Gasteiger partial charge in [-0.3, -0.25) is 4.40 Å². The summed E-state index contributed by atoms with van der Waals surface area (Å²) in [6.45, 7) is 0. The first kappa shape index (κ1) is 12.9. The highest BCUT2D eigenvalue weighted by Crippen LogP contribution is 2.30. The molecule has 0 bridgehead atoms. The van der Waals surface area contributed by atoms with Crippen LogP contribution in [0.3, 0.4) is 0 Å². The van der Waals surface area contributed by atoms with Gasteiger partial charge in [0.15, 0.2) is 4.96 Å². The summed E-state index contributed by atoms with van der Waals surface area (Å²) in [5.41, 5.74) is 0.776. The fourth-order valence-corrected chi connectivity index (χ4v) is 2.99. The summed E-state index contributed by atoms with van der Waals surface area (Å²) >= 11 is 10.5. The standard InChI is InChI=1S/C12H7BrClFN2OS/c13-8-5-7(1-2-9(8)15)18-11-10(6-14)17-3-4-19-12(17)16-11/h1-5H,6H2. The molecule has 3 rings (SSSR count). The summed E-state index contributed by atoms with van der Waals surface area (Å²) in [6, 6.07) is 4.44. The normalized spacial score (nSPS) is 11.1. The van der Waals surface area contributed by atoms with Crippen LogP contribution in [0.15, 0.2) is 34.2 Å². The van der Waals surface area contributed by atoms with Gasteiger partial charge < -0.3 is 4.74 Å². The van der Waals surface area contributed by atoms with E-state index >= 15 is 0 Å². The largest absolute Gasteiger partial charge is 0.437 e. The first-order chi connectivity index (χ1) is 9.19. The minimum Gasteiger partial charge on any atom is -0.437 e. The van der Waals surface area contributed by atoms with Gasteiger partial charge in [0.2, 0.25) is 5.88 Å². The Labute approximate surface area is 125 Å². The number of rotatable bonds is 3. The molecule has 0 saturated heterocycles.